The van der Waals surface area contributed by atoms with Gasteiger partial charge in [-0.25, -0.2) is 8.42 Å². The van der Waals surface area contributed by atoms with Crippen LogP contribution in [0.25, 0.3) is 0 Å². The zero-order chi connectivity index (χ0) is 28.6. The maximum absolute atomic E-state index is 13.9. The standard InChI is InChI=1S/C29H33BrClN3O4S/c1-4-5-16-32-29(36)22(3)33(19-23-8-6-10-25(31)17-23)28(35)20-34(26-11-7-9-24(30)18-26)39(37,38)27-14-12-21(2)13-15-27/h6-15,17-18,22H,4-5,16,19-20H2,1-3H3,(H,32,36). The molecule has 0 saturated heterocycles. The molecule has 3 rings (SSSR count). The minimum atomic E-state index is -4.12. The number of carbonyl (C=O) groups is 2. The van der Waals surface area contributed by atoms with Gasteiger partial charge in [0.25, 0.3) is 10.0 Å². The molecule has 0 aliphatic carbocycles. The Balaban J connectivity index is 2.00. The summed E-state index contributed by atoms with van der Waals surface area (Å²) in [4.78, 5) is 28.4. The summed E-state index contributed by atoms with van der Waals surface area (Å²) < 4.78 is 29.4. The van der Waals surface area contributed by atoms with Crippen molar-refractivity contribution < 1.29 is 18.0 Å². The lowest BCUT2D eigenvalue weighted by atomic mass is 10.1. The van der Waals surface area contributed by atoms with Crippen molar-refractivity contribution in [1.82, 2.24) is 10.2 Å². The SMILES string of the molecule is CCCCNC(=O)C(C)N(Cc1cccc(Cl)c1)C(=O)CN(c1cccc(Br)c1)S(=O)(=O)c1ccc(C)cc1. The molecule has 7 nitrogen and oxygen atoms in total. The largest absolute Gasteiger partial charge is 0.354 e. The number of nitrogens with one attached hydrogen (secondary N) is 1. The van der Waals surface area contributed by atoms with E-state index in [0.717, 1.165) is 28.3 Å². The highest BCUT2D eigenvalue weighted by Gasteiger charge is 2.32. The summed E-state index contributed by atoms with van der Waals surface area (Å²) in [5.41, 5.74) is 1.95. The van der Waals surface area contributed by atoms with Crippen LogP contribution >= 0.6 is 27.5 Å². The zero-order valence-corrected chi connectivity index (χ0v) is 25.4. The number of aryl methyl sites for hydroxylation is 1. The average Bonchev–Trinajstić information content (AvgIpc) is 2.90. The van der Waals surface area contributed by atoms with E-state index in [4.69, 9.17) is 11.6 Å². The fourth-order valence-corrected chi connectivity index (χ4v) is 5.95. The van der Waals surface area contributed by atoms with E-state index >= 15 is 0 Å². The molecule has 3 aromatic carbocycles. The van der Waals surface area contributed by atoms with Crippen LogP contribution in [-0.2, 0) is 26.2 Å². The van der Waals surface area contributed by atoms with Crippen molar-refractivity contribution in [3.05, 3.63) is 93.4 Å². The molecule has 39 heavy (non-hydrogen) atoms. The van der Waals surface area contributed by atoms with Crippen molar-refractivity contribution in [3.63, 3.8) is 0 Å². The third-order valence-corrected chi connectivity index (χ3v) is 8.74. The molecule has 0 aliphatic rings. The molecule has 3 aromatic rings. The average molecular weight is 635 g/mol. The fourth-order valence-electron chi connectivity index (χ4n) is 3.95. The second kappa shape index (κ2) is 14.0. The van der Waals surface area contributed by atoms with Gasteiger partial charge < -0.3 is 10.2 Å². The normalized spacial score (nSPS) is 12.0. The summed E-state index contributed by atoms with van der Waals surface area (Å²) in [6, 6.07) is 19.4. The van der Waals surface area contributed by atoms with Gasteiger partial charge in [-0.2, -0.15) is 0 Å². The van der Waals surface area contributed by atoms with Crippen LogP contribution in [0.5, 0.6) is 0 Å². The number of amides is 2. The summed E-state index contributed by atoms with van der Waals surface area (Å²) in [5, 5.41) is 3.37. The minimum absolute atomic E-state index is 0.0626. The molecule has 0 radical (unpaired) electrons. The lowest BCUT2D eigenvalue weighted by molar-refractivity contribution is -0.139. The molecule has 0 spiro atoms. The van der Waals surface area contributed by atoms with Gasteiger partial charge in [-0.1, -0.05) is 76.8 Å². The molecule has 2 amide bonds. The van der Waals surface area contributed by atoms with Gasteiger partial charge in [0, 0.05) is 22.6 Å². The molecule has 0 fully saturated rings. The van der Waals surface area contributed by atoms with Gasteiger partial charge in [0.1, 0.15) is 12.6 Å². The number of sulfonamides is 1. The van der Waals surface area contributed by atoms with E-state index in [1.807, 2.05) is 19.9 Å². The van der Waals surface area contributed by atoms with Crippen LogP contribution in [0.1, 0.15) is 37.8 Å². The van der Waals surface area contributed by atoms with E-state index in [1.165, 1.54) is 17.0 Å². The Morgan fingerprint density at radius 1 is 1.03 bits per heavy atom. The van der Waals surface area contributed by atoms with Gasteiger partial charge in [-0.15, -0.1) is 0 Å². The number of carbonyl (C=O) groups excluding carboxylic acids is 2. The quantitative estimate of drug-likeness (QED) is 0.250. The highest BCUT2D eigenvalue weighted by Crippen LogP contribution is 2.27. The number of nitrogens with zero attached hydrogens (tertiary/aromatic N) is 2. The van der Waals surface area contributed by atoms with Crippen LogP contribution in [0, 0.1) is 6.92 Å². The highest BCUT2D eigenvalue weighted by atomic mass is 79.9. The Morgan fingerprint density at radius 3 is 2.36 bits per heavy atom. The van der Waals surface area contributed by atoms with Crippen molar-refractivity contribution in [3.8, 4) is 0 Å². The Kier molecular flexibility index (Phi) is 11.0. The Labute approximate surface area is 244 Å². The second-order valence-corrected chi connectivity index (χ2v) is 12.5. The summed E-state index contributed by atoms with van der Waals surface area (Å²) in [6.07, 6.45) is 1.73. The first-order valence-corrected chi connectivity index (χ1v) is 15.3. The topological polar surface area (TPSA) is 86.8 Å². The van der Waals surface area contributed by atoms with E-state index in [9.17, 15) is 18.0 Å². The monoisotopic (exact) mass is 633 g/mol. The van der Waals surface area contributed by atoms with E-state index in [-0.39, 0.29) is 17.3 Å². The third kappa shape index (κ3) is 8.30. The van der Waals surface area contributed by atoms with Crippen LogP contribution in [-0.4, -0.2) is 44.3 Å². The lowest BCUT2D eigenvalue weighted by Gasteiger charge is -2.32. The van der Waals surface area contributed by atoms with Gasteiger partial charge in [0.15, 0.2) is 0 Å². The van der Waals surface area contributed by atoms with Gasteiger partial charge in [0.05, 0.1) is 10.6 Å². The van der Waals surface area contributed by atoms with Crippen molar-refractivity contribution in [2.45, 2.75) is 51.1 Å². The third-order valence-electron chi connectivity index (χ3n) is 6.22. The molecule has 0 aliphatic heterocycles. The van der Waals surface area contributed by atoms with Crippen LogP contribution in [0.4, 0.5) is 5.69 Å². The molecule has 1 unspecified atom stereocenters. The number of anilines is 1. The molecule has 1 atom stereocenters. The predicted molar refractivity (Wildman–Crippen MR) is 159 cm³/mol. The Morgan fingerprint density at radius 2 is 1.72 bits per heavy atom. The number of rotatable bonds is 12. The zero-order valence-electron chi connectivity index (χ0n) is 22.2. The van der Waals surface area contributed by atoms with Gasteiger partial charge >= 0.3 is 0 Å². The van der Waals surface area contributed by atoms with Gasteiger partial charge in [0.2, 0.25) is 11.8 Å². The van der Waals surface area contributed by atoms with Crippen LogP contribution in [0.2, 0.25) is 5.02 Å². The molecule has 1 N–H and O–H groups in total. The van der Waals surface area contributed by atoms with Crippen LogP contribution < -0.4 is 9.62 Å². The van der Waals surface area contributed by atoms with Crippen LogP contribution in [0.3, 0.4) is 0 Å². The first kappa shape index (κ1) is 30.7. The number of benzene rings is 3. The number of halogens is 2. The number of hydrogen-bond donors (Lipinski definition) is 1. The minimum Gasteiger partial charge on any atom is -0.354 e. The molecule has 0 saturated carbocycles. The Bertz CT molecular complexity index is 1400. The maximum atomic E-state index is 13.9. The van der Waals surface area contributed by atoms with Gasteiger partial charge in [-0.05, 0) is 68.3 Å². The molecule has 208 valence electrons. The number of hydrogen-bond acceptors (Lipinski definition) is 4. The smallest absolute Gasteiger partial charge is 0.264 e. The van der Waals surface area contributed by atoms with E-state index in [0.29, 0.717) is 21.7 Å². The first-order valence-electron chi connectivity index (χ1n) is 12.7. The van der Waals surface area contributed by atoms with Crippen LogP contribution in [0.15, 0.2) is 82.2 Å². The summed E-state index contributed by atoms with van der Waals surface area (Å²) in [6.45, 7) is 5.60. The summed E-state index contributed by atoms with van der Waals surface area (Å²) >= 11 is 9.58. The first-order chi connectivity index (χ1) is 18.5. The lowest BCUT2D eigenvalue weighted by Crippen LogP contribution is -2.51. The summed E-state index contributed by atoms with van der Waals surface area (Å²) in [5.74, 6) is -0.835. The van der Waals surface area contributed by atoms with Crippen molar-refractivity contribution in [2.75, 3.05) is 17.4 Å². The molecule has 0 aromatic heterocycles. The van der Waals surface area contributed by atoms with E-state index in [2.05, 4.69) is 21.2 Å². The predicted octanol–water partition coefficient (Wildman–Crippen LogP) is 5.94. The van der Waals surface area contributed by atoms with E-state index < -0.39 is 28.5 Å². The Hall–Kier alpha value is -2.88. The fraction of sp³-hybridized carbons (Fsp3) is 0.310. The maximum Gasteiger partial charge on any atom is 0.264 e. The van der Waals surface area contributed by atoms with Crippen molar-refractivity contribution >= 4 is 55.1 Å². The van der Waals surface area contributed by atoms with Gasteiger partial charge in [-0.3, -0.25) is 13.9 Å². The van der Waals surface area contributed by atoms with Crippen molar-refractivity contribution in [2.24, 2.45) is 0 Å². The van der Waals surface area contributed by atoms with Crippen molar-refractivity contribution in [1.29, 1.82) is 0 Å². The molecule has 0 bridgehead atoms. The molecular formula is C29H33BrClN3O4S. The molecule has 10 heteroatoms. The second-order valence-electron chi connectivity index (χ2n) is 9.28. The van der Waals surface area contributed by atoms with E-state index in [1.54, 1.807) is 61.5 Å². The number of unbranched alkanes of at least 4 members (excludes halogenated alkanes) is 1. The molecular weight excluding hydrogens is 602 g/mol. The molecule has 0 heterocycles. The summed E-state index contributed by atoms with van der Waals surface area (Å²) in [7, 11) is -4.12. The highest BCUT2D eigenvalue weighted by molar-refractivity contribution is 9.10.